The molecule has 0 fully saturated rings. The first-order valence-electron chi connectivity index (χ1n) is 8.10. The minimum atomic E-state index is 0.0587. The highest BCUT2D eigenvalue weighted by Gasteiger charge is 2.19. The first-order valence-corrected chi connectivity index (χ1v) is 8.10. The van der Waals surface area contributed by atoms with Crippen LogP contribution in [0.1, 0.15) is 18.1 Å². The Morgan fingerprint density at radius 3 is 2.83 bits per heavy atom. The quantitative estimate of drug-likeness (QED) is 0.462. The number of amides is 1. The topological polar surface area (TPSA) is 66.0 Å². The van der Waals surface area contributed by atoms with Crippen molar-refractivity contribution in [2.24, 2.45) is 4.99 Å². The summed E-state index contributed by atoms with van der Waals surface area (Å²) in [7, 11) is 1.66. The molecule has 0 saturated heterocycles. The highest BCUT2D eigenvalue weighted by atomic mass is 16.5. The number of fused-ring (bicyclic) bond motifs is 1. The zero-order chi connectivity index (χ0) is 16.5. The van der Waals surface area contributed by atoms with Crippen molar-refractivity contribution in [3.63, 3.8) is 0 Å². The molecule has 0 aromatic heterocycles. The highest BCUT2D eigenvalue weighted by molar-refractivity contribution is 5.85. The second-order valence-electron chi connectivity index (χ2n) is 5.45. The van der Waals surface area contributed by atoms with Gasteiger partial charge in [0, 0.05) is 33.3 Å². The van der Waals surface area contributed by atoms with Gasteiger partial charge in [0.1, 0.15) is 6.54 Å². The van der Waals surface area contributed by atoms with E-state index in [1.807, 2.05) is 17.9 Å². The Labute approximate surface area is 137 Å². The summed E-state index contributed by atoms with van der Waals surface area (Å²) in [6.07, 6.45) is 0.914. The van der Waals surface area contributed by atoms with Gasteiger partial charge in [-0.2, -0.15) is 0 Å². The number of carbonyl (C=O) groups is 1. The maximum atomic E-state index is 12.4. The monoisotopic (exact) mass is 318 g/mol. The second kappa shape index (κ2) is 9.15. The number of ether oxygens (including phenoxy) is 1. The summed E-state index contributed by atoms with van der Waals surface area (Å²) in [5.74, 6) is 0.707. The fourth-order valence-corrected chi connectivity index (χ4v) is 2.57. The van der Waals surface area contributed by atoms with Crippen molar-refractivity contribution in [1.29, 1.82) is 0 Å². The summed E-state index contributed by atoms with van der Waals surface area (Å²) in [6.45, 7) is 5.61. The maximum absolute atomic E-state index is 12.4. The highest BCUT2D eigenvalue weighted by Crippen LogP contribution is 2.18. The minimum Gasteiger partial charge on any atom is -0.383 e. The first-order chi connectivity index (χ1) is 11.2. The lowest BCUT2D eigenvalue weighted by molar-refractivity contribution is -0.130. The number of aliphatic imine (C=N–C) groups is 1. The number of carbonyl (C=O) groups excluding carboxylic acids is 1. The number of methoxy groups -OCH3 is 1. The summed E-state index contributed by atoms with van der Waals surface area (Å²) in [4.78, 5) is 18.6. The van der Waals surface area contributed by atoms with Crippen LogP contribution >= 0.6 is 0 Å². The van der Waals surface area contributed by atoms with Gasteiger partial charge in [0.15, 0.2) is 5.96 Å². The van der Waals surface area contributed by atoms with E-state index in [-0.39, 0.29) is 12.5 Å². The maximum Gasteiger partial charge on any atom is 0.244 e. The molecule has 1 aliphatic rings. The van der Waals surface area contributed by atoms with E-state index in [0.717, 1.165) is 19.5 Å². The third-order valence-corrected chi connectivity index (χ3v) is 3.80. The lowest BCUT2D eigenvalue weighted by atomic mass is 10.00. The van der Waals surface area contributed by atoms with Crippen LogP contribution in [0.5, 0.6) is 0 Å². The molecule has 0 unspecified atom stereocenters. The molecule has 1 amide bonds. The normalized spacial score (nSPS) is 14.3. The summed E-state index contributed by atoms with van der Waals surface area (Å²) in [5, 5.41) is 6.27. The average Bonchev–Trinajstić information content (AvgIpc) is 2.59. The van der Waals surface area contributed by atoms with E-state index >= 15 is 0 Å². The van der Waals surface area contributed by atoms with Crippen LogP contribution in [0.2, 0.25) is 0 Å². The fourth-order valence-electron chi connectivity index (χ4n) is 2.57. The molecule has 0 spiro atoms. The SMILES string of the molecule is CCNC(=NCC(=O)N1CCc2ccccc2C1)NCCOC. The third kappa shape index (κ3) is 5.25. The molecule has 1 aliphatic heterocycles. The zero-order valence-corrected chi connectivity index (χ0v) is 14.0. The van der Waals surface area contributed by atoms with E-state index in [9.17, 15) is 4.79 Å². The van der Waals surface area contributed by atoms with Gasteiger partial charge >= 0.3 is 0 Å². The molecule has 6 nitrogen and oxygen atoms in total. The van der Waals surface area contributed by atoms with Gasteiger partial charge in [-0.3, -0.25) is 4.79 Å². The molecule has 23 heavy (non-hydrogen) atoms. The van der Waals surface area contributed by atoms with Gasteiger partial charge in [-0.1, -0.05) is 24.3 Å². The Kier molecular flexibility index (Phi) is 6.87. The Morgan fingerprint density at radius 1 is 1.30 bits per heavy atom. The van der Waals surface area contributed by atoms with Crippen molar-refractivity contribution in [3.8, 4) is 0 Å². The molecular formula is C17H26N4O2. The molecule has 1 aromatic carbocycles. The van der Waals surface area contributed by atoms with E-state index in [1.54, 1.807) is 7.11 Å². The lowest BCUT2D eigenvalue weighted by Gasteiger charge is -2.28. The Bertz CT molecular complexity index is 545. The predicted molar refractivity (Wildman–Crippen MR) is 91.4 cm³/mol. The predicted octanol–water partition coefficient (Wildman–Crippen LogP) is 0.773. The van der Waals surface area contributed by atoms with Crippen molar-refractivity contribution < 1.29 is 9.53 Å². The van der Waals surface area contributed by atoms with Crippen molar-refractivity contribution in [3.05, 3.63) is 35.4 Å². The molecular weight excluding hydrogens is 292 g/mol. The molecule has 2 rings (SSSR count). The molecule has 6 heteroatoms. The van der Waals surface area contributed by atoms with Crippen LogP contribution in [0.4, 0.5) is 0 Å². The van der Waals surface area contributed by atoms with E-state index in [2.05, 4.69) is 33.8 Å². The van der Waals surface area contributed by atoms with Crippen molar-refractivity contribution >= 4 is 11.9 Å². The molecule has 1 aromatic rings. The third-order valence-electron chi connectivity index (χ3n) is 3.80. The van der Waals surface area contributed by atoms with Crippen molar-refractivity contribution in [1.82, 2.24) is 15.5 Å². The van der Waals surface area contributed by atoms with Crippen LogP contribution in [-0.4, -0.2) is 56.7 Å². The number of nitrogens with zero attached hydrogens (tertiary/aromatic N) is 2. The summed E-state index contributed by atoms with van der Waals surface area (Å²) in [5.41, 5.74) is 2.58. The van der Waals surface area contributed by atoms with Gasteiger partial charge in [0.25, 0.3) is 0 Å². The van der Waals surface area contributed by atoms with E-state index in [4.69, 9.17) is 4.74 Å². The molecule has 0 atom stereocenters. The van der Waals surface area contributed by atoms with Crippen molar-refractivity contribution in [2.75, 3.05) is 39.9 Å². The van der Waals surface area contributed by atoms with Gasteiger partial charge in [0.2, 0.25) is 5.91 Å². The Balaban J connectivity index is 1.89. The standard InChI is InChI=1S/C17H26N4O2/c1-3-18-17(19-9-11-23-2)20-12-16(22)21-10-8-14-6-4-5-7-15(14)13-21/h4-7H,3,8-13H2,1-2H3,(H2,18,19,20). The molecule has 1 heterocycles. The van der Waals surface area contributed by atoms with Crippen LogP contribution in [0.25, 0.3) is 0 Å². The summed E-state index contributed by atoms with van der Waals surface area (Å²) < 4.78 is 5.00. The Hall–Kier alpha value is -2.08. The number of guanidine groups is 1. The summed E-state index contributed by atoms with van der Waals surface area (Å²) in [6, 6.07) is 8.30. The number of hydrogen-bond donors (Lipinski definition) is 2. The number of hydrogen-bond acceptors (Lipinski definition) is 3. The minimum absolute atomic E-state index is 0.0587. The molecule has 0 saturated carbocycles. The zero-order valence-electron chi connectivity index (χ0n) is 14.0. The number of rotatable bonds is 6. The largest absolute Gasteiger partial charge is 0.383 e. The summed E-state index contributed by atoms with van der Waals surface area (Å²) >= 11 is 0. The van der Waals surface area contributed by atoms with Gasteiger partial charge in [-0.25, -0.2) is 4.99 Å². The number of benzene rings is 1. The first kappa shape index (κ1) is 17.3. The van der Waals surface area contributed by atoms with Crippen LogP contribution in [0.3, 0.4) is 0 Å². The smallest absolute Gasteiger partial charge is 0.244 e. The van der Waals surface area contributed by atoms with Gasteiger partial charge < -0.3 is 20.3 Å². The fraction of sp³-hybridized carbons (Fsp3) is 0.529. The molecule has 0 bridgehead atoms. The number of nitrogens with one attached hydrogen (secondary N) is 2. The van der Waals surface area contributed by atoms with Gasteiger partial charge in [-0.05, 0) is 24.5 Å². The second-order valence-corrected chi connectivity index (χ2v) is 5.45. The van der Waals surface area contributed by atoms with E-state index in [1.165, 1.54) is 11.1 Å². The van der Waals surface area contributed by atoms with E-state index < -0.39 is 0 Å². The molecule has 126 valence electrons. The molecule has 0 aliphatic carbocycles. The molecule has 2 N–H and O–H groups in total. The lowest BCUT2D eigenvalue weighted by Crippen LogP contribution is -2.41. The van der Waals surface area contributed by atoms with Crippen LogP contribution in [-0.2, 0) is 22.5 Å². The van der Waals surface area contributed by atoms with Crippen LogP contribution in [0.15, 0.2) is 29.3 Å². The van der Waals surface area contributed by atoms with Crippen molar-refractivity contribution in [2.45, 2.75) is 19.9 Å². The van der Waals surface area contributed by atoms with E-state index in [0.29, 0.717) is 25.7 Å². The van der Waals surface area contributed by atoms with Gasteiger partial charge in [0.05, 0.1) is 6.61 Å². The van der Waals surface area contributed by atoms with Crippen LogP contribution < -0.4 is 10.6 Å². The Morgan fingerprint density at radius 2 is 2.09 bits per heavy atom. The molecule has 0 radical (unpaired) electrons. The average molecular weight is 318 g/mol. The van der Waals surface area contributed by atoms with Crippen LogP contribution in [0, 0.1) is 0 Å². The van der Waals surface area contributed by atoms with Gasteiger partial charge in [-0.15, -0.1) is 0 Å².